The van der Waals surface area contributed by atoms with Crippen LogP contribution in [0, 0.1) is 0 Å². The summed E-state index contributed by atoms with van der Waals surface area (Å²) in [6.07, 6.45) is 2.38. The molecule has 1 aliphatic rings. The minimum atomic E-state index is -0.122. The summed E-state index contributed by atoms with van der Waals surface area (Å²) in [5.74, 6) is 0.916. The number of hydrogen-bond acceptors (Lipinski definition) is 6. The smallest absolute Gasteiger partial charge is 0.232 e. The number of halogens is 1. The molecule has 4 rings (SSSR count). The van der Waals surface area contributed by atoms with Crippen LogP contribution in [0.4, 0.5) is 23.3 Å². The fraction of sp³-hybridized carbons (Fsp3) is 0.200. The monoisotopic (exact) mass is 394 g/mol. The molecule has 28 heavy (non-hydrogen) atoms. The van der Waals surface area contributed by atoms with Crippen LogP contribution < -0.4 is 15.5 Å². The lowest BCUT2D eigenvalue weighted by atomic mass is 10.00. The van der Waals surface area contributed by atoms with Gasteiger partial charge in [0.25, 0.3) is 0 Å². The minimum Gasteiger partial charge on any atom is -0.336 e. The first-order valence-electron chi connectivity index (χ1n) is 8.93. The summed E-state index contributed by atoms with van der Waals surface area (Å²) in [5, 5.41) is 6.69. The van der Waals surface area contributed by atoms with Gasteiger partial charge in [-0.05, 0) is 41.8 Å². The zero-order chi connectivity index (χ0) is 19.5. The third-order valence-corrected chi connectivity index (χ3v) is 4.85. The van der Waals surface area contributed by atoms with Gasteiger partial charge < -0.3 is 15.5 Å². The fourth-order valence-corrected chi connectivity index (χ4v) is 3.47. The SMILES string of the molecule is CC(=O)Nc1cccc(Nc2ncnc(N3CCc4cccc(Cl)c4C3)n2)c1. The summed E-state index contributed by atoms with van der Waals surface area (Å²) in [5.41, 5.74) is 3.86. The minimum absolute atomic E-state index is 0.122. The van der Waals surface area contributed by atoms with Gasteiger partial charge in [0.05, 0.1) is 0 Å². The fourth-order valence-electron chi connectivity index (χ4n) is 3.22. The summed E-state index contributed by atoms with van der Waals surface area (Å²) >= 11 is 6.36. The quantitative estimate of drug-likeness (QED) is 0.700. The largest absolute Gasteiger partial charge is 0.336 e. The molecule has 142 valence electrons. The summed E-state index contributed by atoms with van der Waals surface area (Å²) in [6, 6.07) is 13.4. The van der Waals surface area contributed by atoms with Crippen LogP contribution in [0.15, 0.2) is 48.8 Å². The lowest BCUT2D eigenvalue weighted by molar-refractivity contribution is -0.114. The number of fused-ring (bicyclic) bond motifs is 1. The maximum Gasteiger partial charge on any atom is 0.232 e. The Hall–Kier alpha value is -3.19. The Bertz CT molecular complexity index is 1030. The van der Waals surface area contributed by atoms with Crippen molar-refractivity contribution in [2.75, 3.05) is 22.1 Å². The molecule has 1 aromatic heterocycles. The Balaban J connectivity index is 1.53. The van der Waals surface area contributed by atoms with Gasteiger partial charge in [0.2, 0.25) is 17.8 Å². The van der Waals surface area contributed by atoms with Crippen molar-refractivity contribution in [2.45, 2.75) is 19.9 Å². The van der Waals surface area contributed by atoms with E-state index in [1.807, 2.05) is 36.4 Å². The van der Waals surface area contributed by atoms with Gasteiger partial charge in [-0.15, -0.1) is 0 Å². The standard InChI is InChI=1S/C20H19ClN6O/c1-13(28)24-15-5-3-6-16(10-15)25-19-22-12-23-20(26-19)27-9-8-14-4-2-7-18(21)17(14)11-27/h2-7,10,12H,8-9,11H2,1H3,(H,24,28)(H,22,23,25,26). The van der Waals surface area contributed by atoms with Gasteiger partial charge in [-0.2, -0.15) is 4.98 Å². The van der Waals surface area contributed by atoms with Gasteiger partial charge in [0, 0.05) is 36.4 Å². The highest BCUT2D eigenvalue weighted by Gasteiger charge is 2.20. The van der Waals surface area contributed by atoms with Crippen LogP contribution in [0.2, 0.25) is 5.02 Å². The van der Waals surface area contributed by atoms with Crippen molar-refractivity contribution in [3.05, 3.63) is 64.9 Å². The second kappa shape index (κ2) is 7.82. The Morgan fingerprint density at radius 1 is 1.14 bits per heavy atom. The average molecular weight is 395 g/mol. The Morgan fingerprint density at radius 2 is 1.96 bits per heavy atom. The van der Waals surface area contributed by atoms with Crippen LogP contribution in [-0.4, -0.2) is 27.4 Å². The Labute approximate surface area is 167 Å². The number of nitrogens with one attached hydrogen (secondary N) is 2. The van der Waals surface area contributed by atoms with E-state index in [0.717, 1.165) is 29.2 Å². The number of benzene rings is 2. The molecule has 0 atom stereocenters. The van der Waals surface area contributed by atoms with Gasteiger partial charge >= 0.3 is 0 Å². The molecule has 2 N–H and O–H groups in total. The summed E-state index contributed by atoms with van der Waals surface area (Å²) in [6.45, 7) is 2.95. The van der Waals surface area contributed by atoms with E-state index < -0.39 is 0 Å². The molecule has 2 aromatic carbocycles. The molecule has 0 saturated carbocycles. The van der Waals surface area contributed by atoms with Crippen LogP contribution in [0.3, 0.4) is 0 Å². The van der Waals surface area contributed by atoms with E-state index >= 15 is 0 Å². The molecule has 0 aliphatic carbocycles. The molecule has 0 bridgehead atoms. The molecular formula is C20H19ClN6O. The van der Waals surface area contributed by atoms with Gasteiger partial charge in [0.1, 0.15) is 6.33 Å². The number of amides is 1. The number of rotatable bonds is 4. The van der Waals surface area contributed by atoms with Gasteiger partial charge in [-0.25, -0.2) is 9.97 Å². The van der Waals surface area contributed by atoms with Gasteiger partial charge in [-0.3, -0.25) is 4.79 Å². The van der Waals surface area contributed by atoms with Crippen LogP contribution in [0.5, 0.6) is 0 Å². The second-order valence-corrected chi connectivity index (χ2v) is 6.95. The predicted octanol–water partition coefficient (Wildman–Crippen LogP) is 3.79. The van der Waals surface area contributed by atoms with Crippen LogP contribution in [0.1, 0.15) is 18.1 Å². The average Bonchev–Trinajstić information content (AvgIpc) is 2.68. The first-order valence-corrected chi connectivity index (χ1v) is 9.31. The molecule has 0 spiro atoms. The lowest BCUT2D eigenvalue weighted by Gasteiger charge is -2.29. The van der Waals surface area contributed by atoms with E-state index in [1.54, 1.807) is 0 Å². The topological polar surface area (TPSA) is 83.0 Å². The first kappa shape index (κ1) is 18.2. The second-order valence-electron chi connectivity index (χ2n) is 6.55. The summed E-state index contributed by atoms with van der Waals surface area (Å²) in [7, 11) is 0. The van der Waals surface area contributed by atoms with Crippen molar-refractivity contribution in [2.24, 2.45) is 0 Å². The van der Waals surface area contributed by atoms with Crippen LogP contribution >= 0.6 is 11.6 Å². The molecule has 1 aliphatic heterocycles. The number of hydrogen-bond donors (Lipinski definition) is 2. The lowest BCUT2D eigenvalue weighted by Crippen LogP contribution is -2.32. The first-order chi connectivity index (χ1) is 13.6. The van der Waals surface area contributed by atoms with E-state index in [1.165, 1.54) is 18.8 Å². The van der Waals surface area contributed by atoms with E-state index in [9.17, 15) is 4.79 Å². The van der Waals surface area contributed by atoms with Gasteiger partial charge in [0.15, 0.2) is 0 Å². The van der Waals surface area contributed by atoms with Gasteiger partial charge in [-0.1, -0.05) is 29.8 Å². The third-order valence-electron chi connectivity index (χ3n) is 4.50. The molecule has 0 fully saturated rings. The van der Waals surface area contributed by atoms with E-state index in [-0.39, 0.29) is 5.91 Å². The molecule has 0 unspecified atom stereocenters. The molecule has 0 radical (unpaired) electrons. The highest BCUT2D eigenvalue weighted by atomic mass is 35.5. The number of aromatic nitrogens is 3. The van der Waals surface area contributed by atoms with Crippen LogP contribution in [0.25, 0.3) is 0 Å². The van der Waals surface area contributed by atoms with Crippen molar-refractivity contribution in [1.29, 1.82) is 0 Å². The van der Waals surface area contributed by atoms with E-state index in [4.69, 9.17) is 11.6 Å². The Kier molecular flexibility index (Phi) is 5.08. The van der Waals surface area contributed by atoms with Crippen molar-refractivity contribution >= 4 is 40.8 Å². The normalized spacial score (nSPS) is 13.0. The highest BCUT2D eigenvalue weighted by Crippen LogP contribution is 2.28. The maximum atomic E-state index is 11.2. The summed E-state index contributed by atoms with van der Waals surface area (Å²) in [4.78, 5) is 26.4. The number of carbonyl (C=O) groups is 1. The maximum absolute atomic E-state index is 11.2. The molecule has 8 heteroatoms. The van der Waals surface area contributed by atoms with E-state index in [0.29, 0.717) is 24.1 Å². The van der Waals surface area contributed by atoms with Crippen molar-refractivity contribution < 1.29 is 4.79 Å². The van der Waals surface area contributed by atoms with Crippen molar-refractivity contribution in [1.82, 2.24) is 15.0 Å². The van der Waals surface area contributed by atoms with E-state index in [2.05, 4.69) is 36.6 Å². The van der Waals surface area contributed by atoms with Crippen molar-refractivity contribution in [3.8, 4) is 0 Å². The molecule has 7 nitrogen and oxygen atoms in total. The number of carbonyl (C=O) groups excluding carboxylic acids is 1. The molecule has 1 amide bonds. The number of anilines is 4. The third kappa shape index (κ3) is 4.04. The van der Waals surface area contributed by atoms with Crippen LogP contribution in [-0.2, 0) is 17.8 Å². The molecular weight excluding hydrogens is 376 g/mol. The zero-order valence-corrected chi connectivity index (χ0v) is 16.1. The molecule has 3 aromatic rings. The summed E-state index contributed by atoms with van der Waals surface area (Å²) < 4.78 is 0. The highest BCUT2D eigenvalue weighted by molar-refractivity contribution is 6.31. The predicted molar refractivity (Wildman–Crippen MR) is 110 cm³/mol. The van der Waals surface area contributed by atoms with Crippen molar-refractivity contribution in [3.63, 3.8) is 0 Å². The number of nitrogens with zero attached hydrogens (tertiary/aromatic N) is 4. The zero-order valence-electron chi connectivity index (χ0n) is 15.3. The molecule has 2 heterocycles. The Morgan fingerprint density at radius 3 is 2.82 bits per heavy atom. The molecule has 0 saturated heterocycles.